The van der Waals surface area contributed by atoms with Crippen LogP contribution in [0.15, 0.2) is 24.3 Å². The van der Waals surface area contributed by atoms with Crippen molar-refractivity contribution in [2.75, 3.05) is 12.8 Å². The van der Waals surface area contributed by atoms with Crippen LogP contribution in [0.2, 0.25) is 0 Å². The lowest BCUT2D eigenvalue weighted by molar-refractivity contribution is 0.226. The topological polar surface area (TPSA) is 44.8 Å². The first-order valence-electron chi connectivity index (χ1n) is 8.19. The lowest BCUT2D eigenvalue weighted by Gasteiger charge is -2.21. The van der Waals surface area contributed by atoms with Crippen molar-refractivity contribution in [2.24, 2.45) is 0 Å². The Hall–Kier alpha value is -0.990. The van der Waals surface area contributed by atoms with Crippen LogP contribution in [0.5, 0.6) is 11.5 Å². The third kappa shape index (κ3) is 6.85. The highest BCUT2D eigenvalue weighted by molar-refractivity contribution is 7.54. The van der Waals surface area contributed by atoms with Crippen molar-refractivity contribution in [3.8, 4) is 11.5 Å². The smallest absolute Gasteiger partial charge is 0.379 e. The molecule has 126 valence electrons. The molecule has 5 heteroatoms. The Kier molecular flexibility index (Phi) is 8.59. The third-order valence-electron chi connectivity index (χ3n) is 3.02. The molecule has 1 aromatic carbocycles. The van der Waals surface area contributed by atoms with Crippen molar-refractivity contribution in [2.45, 2.75) is 59.5 Å². The van der Waals surface area contributed by atoms with E-state index in [0.717, 1.165) is 25.7 Å². The molecule has 0 aliphatic carbocycles. The van der Waals surface area contributed by atoms with Crippen LogP contribution in [-0.4, -0.2) is 18.9 Å². The summed E-state index contributed by atoms with van der Waals surface area (Å²) in [5, 5.41) is 0. The summed E-state index contributed by atoms with van der Waals surface area (Å²) >= 11 is 0. The minimum Gasteiger partial charge on any atom is -0.487 e. The molecule has 1 rings (SSSR count). The normalized spacial score (nSPS) is 13.9. The number of unbranched alkanes of at least 4 members (excludes halogenated alkanes) is 2. The Labute approximate surface area is 134 Å². The maximum Gasteiger partial charge on any atom is 0.379 e. The molecule has 0 N–H and O–H groups in total. The fraction of sp³-hybridized carbons (Fsp3) is 0.647. The van der Waals surface area contributed by atoms with Gasteiger partial charge in [-0.1, -0.05) is 38.8 Å². The average molecular weight is 328 g/mol. The van der Waals surface area contributed by atoms with Gasteiger partial charge < -0.3 is 9.26 Å². The highest BCUT2D eigenvalue weighted by Crippen LogP contribution is 2.51. The number of rotatable bonds is 11. The summed E-state index contributed by atoms with van der Waals surface area (Å²) in [7, 11) is -3.14. The van der Waals surface area contributed by atoms with E-state index in [1.807, 2.05) is 32.0 Å². The molecule has 0 aromatic heterocycles. The van der Waals surface area contributed by atoms with Crippen molar-refractivity contribution in [3.05, 3.63) is 24.3 Å². The maximum absolute atomic E-state index is 13.0. The summed E-state index contributed by atoms with van der Waals surface area (Å²) in [5.41, 5.74) is 0. The second-order valence-corrected chi connectivity index (χ2v) is 7.69. The standard InChI is InChI=1S/C17H29O4P/c1-5-7-13-19-22(18,14-8-6-2)21-17-12-10-9-11-16(17)20-15(3)4/h9-12,15H,5-8,13-14H2,1-4H3. The summed E-state index contributed by atoms with van der Waals surface area (Å²) in [4.78, 5) is 0. The van der Waals surface area contributed by atoms with Crippen LogP contribution < -0.4 is 9.26 Å². The molecule has 0 radical (unpaired) electrons. The van der Waals surface area contributed by atoms with Gasteiger partial charge in [0.15, 0.2) is 11.5 Å². The van der Waals surface area contributed by atoms with E-state index in [2.05, 4.69) is 13.8 Å². The van der Waals surface area contributed by atoms with Crippen LogP contribution in [0.25, 0.3) is 0 Å². The minimum atomic E-state index is -3.14. The van der Waals surface area contributed by atoms with Gasteiger partial charge >= 0.3 is 7.60 Å². The Morgan fingerprint density at radius 1 is 1.05 bits per heavy atom. The van der Waals surface area contributed by atoms with Crippen LogP contribution >= 0.6 is 7.60 Å². The van der Waals surface area contributed by atoms with Gasteiger partial charge in [-0.2, -0.15) is 0 Å². The Morgan fingerprint density at radius 3 is 2.27 bits per heavy atom. The van der Waals surface area contributed by atoms with Crippen molar-refractivity contribution < 1.29 is 18.3 Å². The summed E-state index contributed by atoms with van der Waals surface area (Å²) < 4.78 is 30.1. The molecule has 1 aromatic rings. The molecule has 0 aliphatic heterocycles. The third-order valence-corrected chi connectivity index (χ3v) is 4.94. The molecule has 0 fully saturated rings. The van der Waals surface area contributed by atoms with Gasteiger partial charge in [0, 0.05) is 0 Å². The first-order chi connectivity index (χ1) is 10.5. The van der Waals surface area contributed by atoms with Gasteiger partial charge in [-0.05, 0) is 38.8 Å². The Balaban J connectivity index is 2.86. The van der Waals surface area contributed by atoms with Crippen LogP contribution in [0, 0.1) is 0 Å². The van der Waals surface area contributed by atoms with Crippen molar-refractivity contribution in [1.29, 1.82) is 0 Å². The number of ether oxygens (including phenoxy) is 1. The van der Waals surface area contributed by atoms with E-state index in [0.29, 0.717) is 24.3 Å². The van der Waals surface area contributed by atoms with Gasteiger partial charge in [0.1, 0.15) is 0 Å². The van der Waals surface area contributed by atoms with Gasteiger partial charge in [0.25, 0.3) is 0 Å². The largest absolute Gasteiger partial charge is 0.487 e. The van der Waals surface area contributed by atoms with Gasteiger partial charge in [-0.25, -0.2) is 4.57 Å². The average Bonchev–Trinajstić information content (AvgIpc) is 2.47. The number of benzene rings is 1. The lowest BCUT2D eigenvalue weighted by Crippen LogP contribution is -2.08. The molecule has 0 saturated heterocycles. The molecular formula is C17H29O4P. The second kappa shape index (κ2) is 9.91. The molecule has 0 aliphatic rings. The molecular weight excluding hydrogens is 299 g/mol. The van der Waals surface area contributed by atoms with Crippen LogP contribution in [0.4, 0.5) is 0 Å². The number of hydrogen-bond acceptors (Lipinski definition) is 4. The SMILES string of the molecule is CCCCOP(=O)(CCCC)Oc1ccccc1OC(C)C. The molecule has 22 heavy (non-hydrogen) atoms. The predicted octanol–water partition coefficient (Wildman–Crippen LogP) is 5.66. The summed E-state index contributed by atoms with van der Waals surface area (Å²) in [6.07, 6.45) is 4.11. The fourth-order valence-corrected chi connectivity index (χ4v) is 3.70. The van der Waals surface area contributed by atoms with Gasteiger partial charge in [-0.15, -0.1) is 0 Å². The molecule has 1 unspecified atom stereocenters. The first kappa shape index (κ1) is 19.1. The quantitative estimate of drug-likeness (QED) is 0.388. The molecule has 0 spiro atoms. The minimum absolute atomic E-state index is 0.0285. The van der Waals surface area contributed by atoms with Crippen LogP contribution in [0.1, 0.15) is 53.4 Å². The van der Waals surface area contributed by atoms with E-state index in [-0.39, 0.29) is 6.10 Å². The fourth-order valence-electron chi connectivity index (χ4n) is 1.86. The maximum atomic E-state index is 13.0. The second-order valence-electron chi connectivity index (χ2n) is 5.58. The van der Waals surface area contributed by atoms with Crippen LogP contribution in [0.3, 0.4) is 0 Å². The number of para-hydroxylation sites is 2. The molecule has 4 nitrogen and oxygen atoms in total. The zero-order chi connectivity index (χ0) is 16.4. The van der Waals surface area contributed by atoms with Crippen molar-refractivity contribution in [1.82, 2.24) is 0 Å². The van der Waals surface area contributed by atoms with Gasteiger partial charge in [-0.3, -0.25) is 4.52 Å². The molecule has 0 saturated carbocycles. The molecule has 0 heterocycles. The predicted molar refractivity (Wildman–Crippen MR) is 91.1 cm³/mol. The molecule has 0 amide bonds. The Morgan fingerprint density at radius 2 is 1.68 bits per heavy atom. The summed E-state index contributed by atoms with van der Waals surface area (Å²) in [6, 6.07) is 7.32. The van der Waals surface area contributed by atoms with Gasteiger partial charge in [0.05, 0.1) is 18.9 Å². The van der Waals surface area contributed by atoms with E-state index in [4.69, 9.17) is 13.8 Å². The van der Waals surface area contributed by atoms with Crippen molar-refractivity contribution in [3.63, 3.8) is 0 Å². The van der Waals surface area contributed by atoms with E-state index in [1.165, 1.54) is 0 Å². The van der Waals surface area contributed by atoms with E-state index in [1.54, 1.807) is 6.07 Å². The first-order valence-corrected chi connectivity index (χ1v) is 9.92. The van der Waals surface area contributed by atoms with Crippen molar-refractivity contribution >= 4 is 7.60 Å². The highest BCUT2D eigenvalue weighted by atomic mass is 31.2. The van der Waals surface area contributed by atoms with Gasteiger partial charge in [0.2, 0.25) is 0 Å². The van der Waals surface area contributed by atoms with E-state index < -0.39 is 7.60 Å². The number of hydrogen-bond donors (Lipinski definition) is 0. The lowest BCUT2D eigenvalue weighted by atomic mass is 10.3. The molecule has 1 atom stereocenters. The zero-order valence-corrected chi connectivity index (χ0v) is 15.1. The summed E-state index contributed by atoms with van der Waals surface area (Å²) in [5.74, 6) is 1.10. The monoisotopic (exact) mass is 328 g/mol. The van der Waals surface area contributed by atoms with Crippen LogP contribution in [-0.2, 0) is 9.09 Å². The Bertz CT molecular complexity index is 473. The van der Waals surface area contributed by atoms with E-state index in [9.17, 15) is 4.57 Å². The summed E-state index contributed by atoms with van der Waals surface area (Å²) in [6.45, 7) is 8.50. The molecule has 0 bridgehead atoms. The van der Waals surface area contributed by atoms with E-state index >= 15 is 0 Å². The zero-order valence-electron chi connectivity index (χ0n) is 14.2. The highest BCUT2D eigenvalue weighted by Gasteiger charge is 2.27.